The van der Waals surface area contributed by atoms with Crippen LogP contribution in [-0.2, 0) is 11.3 Å². The highest BCUT2D eigenvalue weighted by atomic mass is 16.5. The van der Waals surface area contributed by atoms with Crippen molar-refractivity contribution in [2.24, 2.45) is 5.73 Å². The van der Waals surface area contributed by atoms with Crippen molar-refractivity contribution in [3.63, 3.8) is 0 Å². The molecule has 0 aliphatic carbocycles. The minimum Gasteiger partial charge on any atom is -0.481 e. The second kappa shape index (κ2) is 11.7. The first-order chi connectivity index (χ1) is 18.3. The second-order valence-corrected chi connectivity index (χ2v) is 8.64. The van der Waals surface area contributed by atoms with E-state index in [1.54, 1.807) is 24.3 Å². The summed E-state index contributed by atoms with van der Waals surface area (Å²) in [7, 11) is 0. The number of nitrogens with one attached hydrogen (secondary N) is 2. The molecular weight excluding hydrogens is 482 g/mol. The van der Waals surface area contributed by atoms with Crippen LogP contribution >= 0.6 is 0 Å². The lowest BCUT2D eigenvalue weighted by Gasteiger charge is -2.18. The summed E-state index contributed by atoms with van der Waals surface area (Å²) in [5.41, 5.74) is 10.4. The smallest absolute Gasteiger partial charge is 0.341 e. The number of hydrogen-bond donors (Lipinski definition) is 4. The number of ether oxygens (including phenoxy) is 1. The summed E-state index contributed by atoms with van der Waals surface area (Å²) in [6.45, 7) is 1.67. The van der Waals surface area contributed by atoms with E-state index in [2.05, 4.69) is 10.6 Å². The molecule has 0 aliphatic heterocycles. The van der Waals surface area contributed by atoms with Crippen LogP contribution in [0.1, 0.15) is 31.8 Å². The maximum atomic E-state index is 13.2. The number of benzene rings is 4. The number of hydrogen-bond acceptors (Lipinski definition) is 5. The zero-order valence-corrected chi connectivity index (χ0v) is 20.7. The number of nitrogens with two attached hydrogens (primary N) is 1. The molecule has 4 rings (SSSR count). The van der Waals surface area contributed by atoms with Crippen LogP contribution in [0.3, 0.4) is 0 Å². The Morgan fingerprint density at radius 2 is 1.66 bits per heavy atom. The van der Waals surface area contributed by atoms with Crippen molar-refractivity contribution in [1.29, 1.82) is 0 Å². The topological polar surface area (TPSA) is 131 Å². The van der Waals surface area contributed by atoms with Crippen LogP contribution in [0.15, 0.2) is 91.0 Å². The summed E-state index contributed by atoms with van der Waals surface area (Å²) in [5.74, 6) is -1.57. The third-order valence-corrected chi connectivity index (χ3v) is 5.82. The zero-order chi connectivity index (χ0) is 27.1. The van der Waals surface area contributed by atoms with Crippen LogP contribution in [0.4, 0.5) is 11.4 Å². The number of anilines is 2. The Balaban J connectivity index is 1.61. The molecule has 4 aromatic rings. The lowest BCUT2D eigenvalue weighted by atomic mass is 10.0. The van der Waals surface area contributed by atoms with E-state index in [1.807, 2.05) is 67.6 Å². The van der Waals surface area contributed by atoms with Gasteiger partial charge in [-0.25, -0.2) is 4.79 Å². The van der Waals surface area contributed by atoms with Gasteiger partial charge in [0.05, 0.1) is 5.56 Å². The first-order valence-corrected chi connectivity index (χ1v) is 11.9. The zero-order valence-electron chi connectivity index (χ0n) is 20.7. The number of aryl methyl sites for hydroxylation is 1. The number of carboxylic acids is 1. The number of carbonyl (C=O) groups excluding carboxylic acids is 2. The predicted octanol–water partition coefficient (Wildman–Crippen LogP) is 5.09. The molecule has 0 heterocycles. The number of primary amides is 1. The molecule has 0 bridgehead atoms. The van der Waals surface area contributed by atoms with Gasteiger partial charge in [-0.05, 0) is 42.8 Å². The van der Waals surface area contributed by atoms with Gasteiger partial charge in [-0.15, -0.1) is 0 Å². The Kier molecular flexibility index (Phi) is 8.03. The molecule has 0 unspecified atom stereocenters. The highest BCUT2D eigenvalue weighted by Crippen LogP contribution is 2.34. The third kappa shape index (κ3) is 6.36. The van der Waals surface area contributed by atoms with Crippen LogP contribution in [-0.4, -0.2) is 29.5 Å². The van der Waals surface area contributed by atoms with Crippen molar-refractivity contribution in [1.82, 2.24) is 0 Å². The largest absolute Gasteiger partial charge is 0.481 e. The van der Waals surface area contributed by atoms with E-state index >= 15 is 0 Å². The molecule has 0 atom stereocenters. The Bertz CT molecular complexity index is 1480. The molecule has 0 radical (unpaired) electrons. The molecule has 8 nitrogen and oxygen atoms in total. The van der Waals surface area contributed by atoms with Crippen molar-refractivity contribution >= 4 is 29.2 Å². The van der Waals surface area contributed by atoms with Gasteiger partial charge in [0, 0.05) is 34.6 Å². The van der Waals surface area contributed by atoms with Gasteiger partial charge < -0.3 is 26.2 Å². The second-order valence-electron chi connectivity index (χ2n) is 8.64. The molecule has 0 saturated heterocycles. The molecule has 0 aliphatic rings. The van der Waals surface area contributed by atoms with Crippen molar-refractivity contribution < 1.29 is 24.2 Å². The lowest BCUT2D eigenvalue weighted by molar-refractivity contribution is -0.139. The van der Waals surface area contributed by atoms with E-state index < -0.39 is 18.5 Å². The van der Waals surface area contributed by atoms with E-state index in [1.165, 1.54) is 6.07 Å². The number of aliphatic carboxylic acids is 1. The van der Waals surface area contributed by atoms with Gasteiger partial charge in [-0.1, -0.05) is 66.2 Å². The highest BCUT2D eigenvalue weighted by Gasteiger charge is 2.16. The molecule has 0 saturated carbocycles. The van der Waals surface area contributed by atoms with E-state index in [0.29, 0.717) is 22.7 Å². The average molecular weight is 510 g/mol. The predicted molar refractivity (Wildman–Crippen MR) is 146 cm³/mol. The molecular formula is C30H27N3O5. The molecule has 0 aromatic heterocycles. The minimum atomic E-state index is -1.08. The Labute approximate surface area is 220 Å². The molecule has 0 fully saturated rings. The van der Waals surface area contributed by atoms with Gasteiger partial charge in [0.1, 0.15) is 5.75 Å². The van der Waals surface area contributed by atoms with Crippen molar-refractivity contribution in [3.8, 4) is 16.9 Å². The Hall–Kier alpha value is -5.11. The fourth-order valence-electron chi connectivity index (χ4n) is 4.01. The summed E-state index contributed by atoms with van der Waals surface area (Å²) in [5, 5.41) is 15.3. The SMILES string of the molecule is Cc1ccc(NCc2cccc(-c3ccccc3)c2OCC(=O)O)c(C(=O)Nc2cccc(C(N)=O)c2)c1. The quantitative estimate of drug-likeness (QED) is 0.236. The summed E-state index contributed by atoms with van der Waals surface area (Å²) in [6.07, 6.45) is 0. The van der Waals surface area contributed by atoms with Gasteiger partial charge in [0.2, 0.25) is 5.91 Å². The Morgan fingerprint density at radius 3 is 2.39 bits per heavy atom. The van der Waals surface area contributed by atoms with Crippen molar-refractivity contribution in [2.45, 2.75) is 13.5 Å². The van der Waals surface area contributed by atoms with Crippen molar-refractivity contribution in [3.05, 3.63) is 113 Å². The number of carbonyl (C=O) groups is 3. The first kappa shape index (κ1) is 26.0. The number of amides is 2. The molecule has 192 valence electrons. The van der Waals surface area contributed by atoms with E-state index in [-0.39, 0.29) is 18.0 Å². The third-order valence-electron chi connectivity index (χ3n) is 5.82. The van der Waals surface area contributed by atoms with Gasteiger partial charge in [-0.2, -0.15) is 0 Å². The van der Waals surface area contributed by atoms with Crippen LogP contribution in [0, 0.1) is 6.92 Å². The minimum absolute atomic E-state index is 0.274. The first-order valence-electron chi connectivity index (χ1n) is 11.9. The van der Waals surface area contributed by atoms with Gasteiger partial charge in [0.15, 0.2) is 6.61 Å². The summed E-state index contributed by atoms with van der Waals surface area (Å²) < 4.78 is 5.72. The molecule has 0 spiro atoms. The molecule has 38 heavy (non-hydrogen) atoms. The van der Waals surface area contributed by atoms with Crippen molar-refractivity contribution in [2.75, 3.05) is 17.2 Å². The normalized spacial score (nSPS) is 10.4. The summed E-state index contributed by atoms with van der Waals surface area (Å²) >= 11 is 0. The number of carboxylic acid groups (broad SMARTS) is 1. The van der Waals surface area contributed by atoms with Crippen LogP contribution in [0.2, 0.25) is 0 Å². The van der Waals surface area contributed by atoms with E-state index in [4.69, 9.17) is 10.5 Å². The number of rotatable bonds is 10. The van der Waals surface area contributed by atoms with E-state index in [0.717, 1.165) is 22.3 Å². The lowest BCUT2D eigenvalue weighted by Crippen LogP contribution is -2.17. The monoisotopic (exact) mass is 509 g/mol. The average Bonchev–Trinajstić information content (AvgIpc) is 2.91. The van der Waals surface area contributed by atoms with E-state index in [9.17, 15) is 19.5 Å². The maximum Gasteiger partial charge on any atom is 0.341 e. The highest BCUT2D eigenvalue weighted by molar-refractivity contribution is 6.08. The van der Waals surface area contributed by atoms with Gasteiger partial charge in [0.25, 0.3) is 5.91 Å². The molecule has 4 aromatic carbocycles. The Morgan fingerprint density at radius 1 is 0.895 bits per heavy atom. The molecule has 2 amide bonds. The van der Waals surface area contributed by atoms with Crippen LogP contribution in [0.25, 0.3) is 11.1 Å². The molecule has 8 heteroatoms. The fraction of sp³-hybridized carbons (Fsp3) is 0.100. The molecule has 5 N–H and O–H groups in total. The standard InChI is InChI=1S/C30H27N3O5/c1-19-13-14-26(25(15-19)30(37)33-23-11-5-9-21(16-23)29(31)36)32-17-22-10-6-12-24(20-7-3-2-4-8-20)28(22)38-18-27(34)35/h2-16,32H,17-18H2,1H3,(H2,31,36)(H,33,37)(H,34,35). The fourth-order valence-corrected chi connectivity index (χ4v) is 4.01. The van der Waals surface area contributed by atoms with Crippen LogP contribution in [0.5, 0.6) is 5.75 Å². The summed E-state index contributed by atoms with van der Waals surface area (Å²) in [6, 6.07) is 27.0. The summed E-state index contributed by atoms with van der Waals surface area (Å²) in [4.78, 5) is 36.0. The van der Waals surface area contributed by atoms with Gasteiger partial charge in [-0.3, -0.25) is 9.59 Å². The number of para-hydroxylation sites is 1. The maximum absolute atomic E-state index is 13.2. The van der Waals surface area contributed by atoms with Crippen LogP contribution < -0.4 is 21.1 Å². The van der Waals surface area contributed by atoms with Gasteiger partial charge >= 0.3 is 5.97 Å².